The lowest BCUT2D eigenvalue weighted by atomic mass is 10.2. The number of piperazine rings is 1. The maximum absolute atomic E-state index is 11.2. The molecular weight excluding hydrogens is 565 g/mol. The van der Waals surface area contributed by atoms with E-state index in [-0.39, 0.29) is 5.56 Å². The molecule has 0 atom stereocenters. The van der Waals surface area contributed by atoms with Crippen LogP contribution in [0.2, 0.25) is 5.02 Å². The fourth-order valence-corrected chi connectivity index (χ4v) is 4.10. The first kappa shape index (κ1) is 31.1. The molecule has 0 bridgehead atoms. The standard InChI is InChI=1S/C26H27ClN4O3.C2HF3O2/c1-34-22-6-4-5-19(17-22)18-28-26(29-21-11-9-20(10-12-21)25(32)33)31-15-13-30(14-16-31)24-8-3-2-7-23(24)27;3-2(4,5)1(6)7/h2-12,17H,13-16,18H2,1H3,(H,28,29)(H,32,33);(H,6,7). The van der Waals surface area contributed by atoms with Crippen molar-refractivity contribution in [3.05, 3.63) is 88.9 Å². The van der Waals surface area contributed by atoms with E-state index in [9.17, 15) is 23.1 Å². The number of ether oxygens (including phenoxy) is 1. The van der Waals surface area contributed by atoms with Gasteiger partial charge in [0.05, 0.1) is 29.9 Å². The highest BCUT2D eigenvalue weighted by Gasteiger charge is 2.38. The maximum Gasteiger partial charge on any atom is 0.490 e. The van der Waals surface area contributed by atoms with E-state index in [4.69, 9.17) is 31.2 Å². The van der Waals surface area contributed by atoms with Gasteiger partial charge in [-0.05, 0) is 54.1 Å². The number of nitrogens with zero attached hydrogens (tertiary/aromatic N) is 3. The lowest BCUT2D eigenvalue weighted by Crippen LogP contribution is -2.50. The van der Waals surface area contributed by atoms with Gasteiger partial charge in [-0.1, -0.05) is 35.9 Å². The number of aromatic carboxylic acids is 1. The van der Waals surface area contributed by atoms with E-state index in [2.05, 4.69) is 15.1 Å². The molecule has 1 aliphatic heterocycles. The molecule has 1 aliphatic rings. The third-order valence-electron chi connectivity index (χ3n) is 5.95. The van der Waals surface area contributed by atoms with Crippen molar-refractivity contribution in [2.75, 3.05) is 43.5 Å². The van der Waals surface area contributed by atoms with Crippen LogP contribution < -0.4 is 15.0 Å². The number of hydrogen-bond acceptors (Lipinski definition) is 5. The molecule has 1 saturated heterocycles. The van der Waals surface area contributed by atoms with Crippen LogP contribution in [0.25, 0.3) is 0 Å². The van der Waals surface area contributed by atoms with E-state index in [1.165, 1.54) is 0 Å². The molecule has 0 saturated carbocycles. The van der Waals surface area contributed by atoms with Crippen molar-refractivity contribution in [3.63, 3.8) is 0 Å². The van der Waals surface area contributed by atoms with Crippen LogP contribution in [-0.4, -0.2) is 72.5 Å². The van der Waals surface area contributed by atoms with E-state index < -0.39 is 18.1 Å². The first-order valence-electron chi connectivity index (χ1n) is 12.3. The normalized spacial score (nSPS) is 13.6. The zero-order chi connectivity index (χ0) is 30.0. The molecule has 0 aromatic heterocycles. The maximum atomic E-state index is 11.2. The van der Waals surface area contributed by atoms with Gasteiger partial charge in [-0.25, -0.2) is 14.6 Å². The Balaban J connectivity index is 0.000000587. The molecule has 9 nitrogen and oxygen atoms in total. The number of benzene rings is 3. The summed E-state index contributed by atoms with van der Waals surface area (Å²) < 4.78 is 37.1. The van der Waals surface area contributed by atoms with Gasteiger partial charge in [-0.2, -0.15) is 13.2 Å². The van der Waals surface area contributed by atoms with Crippen LogP contribution in [0.5, 0.6) is 5.75 Å². The average molecular weight is 593 g/mol. The first-order chi connectivity index (χ1) is 19.5. The Kier molecular flexibility index (Phi) is 10.8. The predicted molar refractivity (Wildman–Crippen MR) is 150 cm³/mol. The lowest BCUT2D eigenvalue weighted by Gasteiger charge is -2.38. The second-order valence-electron chi connectivity index (χ2n) is 8.73. The van der Waals surface area contributed by atoms with Crippen molar-refractivity contribution in [1.29, 1.82) is 0 Å². The molecule has 13 heteroatoms. The number of carbonyl (C=O) groups is 2. The number of methoxy groups -OCH3 is 1. The molecule has 3 N–H and O–H groups in total. The van der Waals surface area contributed by atoms with E-state index in [1.54, 1.807) is 31.4 Å². The summed E-state index contributed by atoms with van der Waals surface area (Å²) in [4.78, 5) is 29.4. The highest BCUT2D eigenvalue weighted by molar-refractivity contribution is 6.33. The van der Waals surface area contributed by atoms with E-state index >= 15 is 0 Å². The van der Waals surface area contributed by atoms with Gasteiger partial charge in [0.15, 0.2) is 5.96 Å². The minimum atomic E-state index is -5.08. The Morgan fingerprint density at radius 2 is 1.61 bits per heavy atom. The number of anilines is 2. The summed E-state index contributed by atoms with van der Waals surface area (Å²) in [6.07, 6.45) is -5.08. The number of hydrogen-bond donors (Lipinski definition) is 3. The zero-order valence-corrected chi connectivity index (χ0v) is 22.7. The summed E-state index contributed by atoms with van der Waals surface area (Å²) in [5.74, 6) is -2.17. The highest BCUT2D eigenvalue weighted by atomic mass is 35.5. The van der Waals surface area contributed by atoms with Crippen LogP contribution in [-0.2, 0) is 11.3 Å². The van der Waals surface area contributed by atoms with Gasteiger partial charge in [0.25, 0.3) is 0 Å². The fourth-order valence-electron chi connectivity index (χ4n) is 3.85. The molecule has 4 rings (SSSR count). The number of carboxylic acids is 2. The Morgan fingerprint density at radius 1 is 0.976 bits per heavy atom. The summed E-state index contributed by atoms with van der Waals surface area (Å²) >= 11 is 6.40. The Bertz CT molecular complexity index is 1360. The number of para-hydroxylation sites is 1. The molecule has 0 aliphatic carbocycles. The SMILES string of the molecule is COc1cccc(CN=C(Nc2ccc(C(=O)O)cc2)N2CCN(c3ccccc3Cl)CC2)c1.O=C(O)C(F)(F)F. The largest absolute Gasteiger partial charge is 0.497 e. The summed E-state index contributed by atoms with van der Waals surface area (Å²) in [6, 6.07) is 22.4. The van der Waals surface area contributed by atoms with Crippen molar-refractivity contribution in [3.8, 4) is 5.75 Å². The number of halogens is 4. The van der Waals surface area contributed by atoms with Crippen molar-refractivity contribution in [2.24, 2.45) is 4.99 Å². The number of aliphatic imine (C=N–C) groups is 1. The number of nitrogens with one attached hydrogen (secondary N) is 1. The number of guanidine groups is 1. The zero-order valence-electron chi connectivity index (χ0n) is 21.9. The van der Waals surface area contributed by atoms with Crippen molar-refractivity contribution < 1.29 is 37.7 Å². The van der Waals surface area contributed by atoms with Gasteiger partial charge < -0.3 is 30.1 Å². The van der Waals surface area contributed by atoms with Crippen LogP contribution in [0.4, 0.5) is 24.5 Å². The van der Waals surface area contributed by atoms with E-state index in [0.717, 1.165) is 59.8 Å². The predicted octanol–water partition coefficient (Wildman–Crippen LogP) is 5.47. The molecule has 0 radical (unpaired) electrons. The summed E-state index contributed by atoms with van der Waals surface area (Å²) in [5, 5.41) is 20.4. The fraction of sp³-hybridized carbons (Fsp3) is 0.250. The van der Waals surface area contributed by atoms with E-state index in [0.29, 0.717) is 6.54 Å². The van der Waals surface area contributed by atoms with Crippen molar-refractivity contribution in [1.82, 2.24) is 4.90 Å². The second-order valence-corrected chi connectivity index (χ2v) is 9.13. The molecular formula is C28H28ClF3N4O5. The van der Waals surface area contributed by atoms with Crippen LogP contribution in [0.3, 0.4) is 0 Å². The van der Waals surface area contributed by atoms with Crippen LogP contribution in [0.1, 0.15) is 15.9 Å². The summed E-state index contributed by atoms with van der Waals surface area (Å²) in [5.41, 5.74) is 3.10. The van der Waals surface area contributed by atoms with Gasteiger partial charge >= 0.3 is 18.1 Å². The number of aliphatic carboxylic acids is 1. The van der Waals surface area contributed by atoms with Gasteiger partial charge in [0.2, 0.25) is 0 Å². The third kappa shape index (κ3) is 9.31. The monoisotopic (exact) mass is 592 g/mol. The number of alkyl halides is 3. The molecule has 3 aromatic carbocycles. The summed E-state index contributed by atoms with van der Waals surface area (Å²) in [7, 11) is 1.65. The van der Waals surface area contributed by atoms with Gasteiger partial charge in [-0.3, -0.25) is 0 Å². The Labute approximate surface area is 239 Å². The molecule has 41 heavy (non-hydrogen) atoms. The molecule has 218 valence electrons. The van der Waals surface area contributed by atoms with Crippen molar-refractivity contribution in [2.45, 2.75) is 12.7 Å². The number of carboxylic acid groups (broad SMARTS) is 2. The van der Waals surface area contributed by atoms with Crippen LogP contribution in [0, 0.1) is 0 Å². The van der Waals surface area contributed by atoms with Gasteiger partial charge in [0.1, 0.15) is 5.75 Å². The van der Waals surface area contributed by atoms with Gasteiger partial charge in [0, 0.05) is 31.9 Å². The molecule has 0 unspecified atom stereocenters. The molecule has 3 aromatic rings. The summed E-state index contributed by atoms with van der Waals surface area (Å²) in [6.45, 7) is 3.63. The van der Waals surface area contributed by atoms with Gasteiger partial charge in [-0.15, -0.1) is 0 Å². The van der Waals surface area contributed by atoms with Crippen LogP contribution in [0.15, 0.2) is 77.8 Å². The quantitative estimate of drug-likeness (QED) is 0.255. The molecule has 1 heterocycles. The van der Waals surface area contributed by atoms with Crippen LogP contribution >= 0.6 is 11.6 Å². The van der Waals surface area contributed by atoms with Crippen molar-refractivity contribution >= 4 is 40.9 Å². The van der Waals surface area contributed by atoms with E-state index in [1.807, 2.05) is 48.5 Å². The highest BCUT2D eigenvalue weighted by Crippen LogP contribution is 2.26. The molecule has 0 spiro atoms. The topological polar surface area (TPSA) is 115 Å². The Hall–Kier alpha value is -4.45. The molecule has 0 amide bonds. The average Bonchev–Trinajstić information content (AvgIpc) is 2.96. The molecule has 1 fully saturated rings. The lowest BCUT2D eigenvalue weighted by molar-refractivity contribution is -0.192. The number of rotatable bonds is 6. The third-order valence-corrected chi connectivity index (χ3v) is 6.27. The minimum Gasteiger partial charge on any atom is -0.497 e. The first-order valence-corrected chi connectivity index (χ1v) is 12.7. The smallest absolute Gasteiger partial charge is 0.490 e. The second kappa shape index (κ2) is 14.3. The Morgan fingerprint density at radius 3 is 2.17 bits per heavy atom. The minimum absolute atomic E-state index is 0.244.